The number of rotatable bonds is 6. The monoisotopic (exact) mass is 347 g/mol. The van der Waals surface area contributed by atoms with Gasteiger partial charge in [-0.05, 0) is 41.8 Å². The quantitative estimate of drug-likeness (QED) is 0.732. The highest BCUT2D eigenvalue weighted by Gasteiger charge is 2.15. The van der Waals surface area contributed by atoms with Crippen LogP contribution >= 0.6 is 0 Å². The minimum Gasteiger partial charge on any atom is -0.486 e. The smallest absolute Gasteiger partial charge is 0.252 e. The van der Waals surface area contributed by atoms with E-state index in [2.05, 4.69) is 23.8 Å². The second kappa shape index (κ2) is 7.78. The van der Waals surface area contributed by atoms with Crippen LogP contribution in [0.15, 0.2) is 60.9 Å². The number of carbonyl (C=O) groups is 1. The van der Waals surface area contributed by atoms with Crippen molar-refractivity contribution in [1.82, 2.24) is 9.97 Å². The van der Waals surface area contributed by atoms with Crippen LogP contribution in [0.5, 0.6) is 5.75 Å². The van der Waals surface area contributed by atoms with Gasteiger partial charge in [-0.3, -0.25) is 14.8 Å². The van der Waals surface area contributed by atoms with E-state index >= 15 is 0 Å². The third-order valence-electron chi connectivity index (χ3n) is 4.04. The zero-order valence-electron chi connectivity index (χ0n) is 14.8. The first kappa shape index (κ1) is 17.6. The van der Waals surface area contributed by atoms with Crippen LogP contribution in [-0.4, -0.2) is 15.9 Å². The summed E-state index contributed by atoms with van der Waals surface area (Å²) in [7, 11) is 0. The van der Waals surface area contributed by atoms with Crippen molar-refractivity contribution in [2.45, 2.75) is 26.4 Å². The van der Waals surface area contributed by atoms with E-state index in [1.807, 2.05) is 36.4 Å². The number of nitrogens with two attached hydrogens (primary N) is 1. The number of ether oxygens (including phenoxy) is 1. The molecule has 2 aromatic heterocycles. The molecule has 0 aliphatic heterocycles. The zero-order valence-corrected chi connectivity index (χ0v) is 14.8. The number of benzene rings is 1. The highest BCUT2D eigenvalue weighted by atomic mass is 16.5. The Labute approximate surface area is 152 Å². The minimum absolute atomic E-state index is 0.267. The van der Waals surface area contributed by atoms with Crippen LogP contribution in [0.1, 0.15) is 41.5 Å². The average Bonchev–Trinajstić information content (AvgIpc) is 2.67. The summed E-state index contributed by atoms with van der Waals surface area (Å²) in [5.74, 6) is 0.183. The Kier molecular flexibility index (Phi) is 5.27. The normalized spacial score (nSPS) is 10.7. The van der Waals surface area contributed by atoms with E-state index in [-0.39, 0.29) is 12.5 Å². The van der Waals surface area contributed by atoms with Crippen LogP contribution in [0.2, 0.25) is 0 Å². The molecule has 0 radical (unpaired) electrons. The van der Waals surface area contributed by atoms with Crippen molar-refractivity contribution in [1.29, 1.82) is 0 Å². The molecule has 0 saturated heterocycles. The number of nitrogens with zero attached hydrogens (tertiary/aromatic N) is 2. The number of aromatic nitrogens is 2. The Morgan fingerprint density at radius 2 is 1.88 bits per heavy atom. The van der Waals surface area contributed by atoms with Gasteiger partial charge in [0.2, 0.25) is 0 Å². The summed E-state index contributed by atoms with van der Waals surface area (Å²) in [6.07, 6.45) is 3.48. The summed E-state index contributed by atoms with van der Waals surface area (Å²) >= 11 is 0. The molecule has 3 aromatic rings. The van der Waals surface area contributed by atoms with Gasteiger partial charge in [0.1, 0.15) is 12.4 Å². The molecule has 0 fully saturated rings. The Balaban J connectivity index is 1.94. The number of amides is 1. The van der Waals surface area contributed by atoms with Crippen molar-refractivity contribution >= 4 is 5.91 Å². The molecule has 2 N–H and O–H groups in total. The largest absolute Gasteiger partial charge is 0.486 e. The van der Waals surface area contributed by atoms with E-state index in [4.69, 9.17) is 10.5 Å². The first-order chi connectivity index (χ1) is 12.6. The Bertz CT molecular complexity index is 908. The average molecular weight is 347 g/mol. The predicted molar refractivity (Wildman–Crippen MR) is 101 cm³/mol. The molecular weight excluding hydrogens is 326 g/mol. The molecule has 3 rings (SSSR count). The molecule has 0 atom stereocenters. The van der Waals surface area contributed by atoms with Crippen molar-refractivity contribution in [3.63, 3.8) is 0 Å². The molecule has 5 nitrogen and oxygen atoms in total. The SMILES string of the molecule is CC(C)c1ncccc1-c1ccc(OCc2ccccn2)c(C(N)=O)c1. The Morgan fingerprint density at radius 3 is 2.58 bits per heavy atom. The molecular formula is C21H21N3O2. The van der Waals surface area contributed by atoms with E-state index in [1.165, 1.54) is 0 Å². The summed E-state index contributed by atoms with van der Waals surface area (Å²) in [6.45, 7) is 4.45. The summed E-state index contributed by atoms with van der Waals surface area (Å²) in [5.41, 5.74) is 9.56. The number of pyridine rings is 2. The number of hydrogen-bond acceptors (Lipinski definition) is 4. The lowest BCUT2D eigenvalue weighted by molar-refractivity contribution is 0.0996. The molecule has 26 heavy (non-hydrogen) atoms. The molecule has 0 spiro atoms. The van der Waals surface area contributed by atoms with Gasteiger partial charge in [0.25, 0.3) is 5.91 Å². The van der Waals surface area contributed by atoms with Crippen molar-refractivity contribution in [2.75, 3.05) is 0 Å². The lowest BCUT2D eigenvalue weighted by Crippen LogP contribution is -2.13. The van der Waals surface area contributed by atoms with E-state index in [1.54, 1.807) is 24.5 Å². The summed E-state index contributed by atoms with van der Waals surface area (Å²) in [6, 6.07) is 14.9. The molecule has 1 amide bonds. The molecule has 132 valence electrons. The van der Waals surface area contributed by atoms with Gasteiger partial charge in [0.15, 0.2) is 0 Å². The second-order valence-electron chi connectivity index (χ2n) is 6.28. The van der Waals surface area contributed by atoms with Crippen molar-refractivity contribution < 1.29 is 9.53 Å². The molecule has 2 heterocycles. The maximum absolute atomic E-state index is 11.9. The van der Waals surface area contributed by atoms with Gasteiger partial charge >= 0.3 is 0 Å². The zero-order chi connectivity index (χ0) is 18.5. The first-order valence-corrected chi connectivity index (χ1v) is 8.48. The third-order valence-corrected chi connectivity index (χ3v) is 4.04. The van der Waals surface area contributed by atoms with Crippen LogP contribution in [0.4, 0.5) is 0 Å². The molecule has 0 bridgehead atoms. The van der Waals surface area contributed by atoms with Crippen LogP contribution in [0.3, 0.4) is 0 Å². The maximum atomic E-state index is 11.9. The molecule has 1 aromatic carbocycles. The lowest BCUT2D eigenvalue weighted by atomic mass is 9.96. The summed E-state index contributed by atoms with van der Waals surface area (Å²) in [4.78, 5) is 20.6. The van der Waals surface area contributed by atoms with Gasteiger partial charge in [-0.15, -0.1) is 0 Å². The summed E-state index contributed by atoms with van der Waals surface area (Å²) < 4.78 is 5.77. The standard InChI is InChI=1S/C21H21N3O2/c1-14(2)20-17(7-5-11-24-20)15-8-9-19(18(12-15)21(22)25)26-13-16-6-3-4-10-23-16/h3-12,14H,13H2,1-2H3,(H2,22,25). The molecule has 5 heteroatoms. The first-order valence-electron chi connectivity index (χ1n) is 8.48. The van der Waals surface area contributed by atoms with Gasteiger partial charge in [-0.2, -0.15) is 0 Å². The van der Waals surface area contributed by atoms with Gasteiger partial charge in [0, 0.05) is 18.0 Å². The predicted octanol–water partition coefficient (Wildman–Crippen LogP) is 3.94. The van der Waals surface area contributed by atoms with E-state index in [0.29, 0.717) is 11.3 Å². The fourth-order valence-corrected chi connectivity index (χ4v) is 2.77. The van der Waals surface area contributed by atoms with Crippen molar-refractivity contribution in [3.8, 4) is 16.9 Å². The van der Waals surface area contributed by atoms with E-state index < -0.39 is 5.91 Å². The minimum atomic E-state index is -0.530. The molecule has 0 saturated carbocycles. The van der Waals surface area contributed by atoms with Gasteiger partial charge in [0.05, 0.1) is 17.0 Å². The van der Waals surface area contributed by atoms with E-state index in [0.717, 1.165) is 22.5 Å². The molecule has 0 unspecified atom stereocenters. The van der Waals surface area contributed by atoms with Crippen LogP contribution in [0, 0.1) is 0 Å². The van der Waals surface area contributed by atoms with Crippen LogP contribution < -0.4 is 10.5 Å². The number of primary amides is 1. The van der Waals surface area contributed by atoms with Crippen LogP contribution in [-0.2, 0) is 6.61 Å². The molecule has 0 aliphatic rings. The second-order valence-corrected chi connectivity index (χ2v) is 6.28. The lowest BCUT2D eigenvalue weighted by Gasteiger charge is -2.14. The fraction of sp³-hybridized carbons (Fsp3) is 0.190. The van der Waals surface area contributed by atoms with Crippen molar-refractivity contribution in [2.24, 2.45) is 5.73 Å². The maximum Gasteiger partial charge on any atom is 0.252 e. The summed E-state index contributed by atoms with van der Waals surface area (Å²) in [5, 5.41) is 0. The highest BCUT2D eigenvalue weighted by Crippen LogP contribution is 2.31. The van der Waals surface area contributed by atoms with Gasteiger partial charge in [-0.1, -0.05) is 32.0 Å². The third kappa shape index (κ3) is 3.88. The Morgan fingerprint density at radius 1 is 1.08 bits per heavy atom. The Hall–Kier alpha value is -3.21. The van der Waals surface area contributed by atoms with Crippen LogP contribution in [0.25, 0.3) is 11.1 Å². The topological polar surface area (TPSA) is 78.1 Å². The number of hydrogen-bond donors (Lipinski definition) is 1. The highest BCUT2D eigenvalue weighted by molar-refractivity contribution is 5.97. The van der Waals surface area contributed by atoms with Gasteiger partial charge < -0.3 is 10.5 Å². The number of carbonyl (C=O) groups excluding carboxylic acids is 1. The van der Waals surface area contributed by atoms with Crippen molar-refractivity contribution in [3.05, 3.63) is 77.9 Å². The van der Waals surface area contributed by atoms with E-state index in [9.17, 15) is 4.79 Å². The fourth-order valence-electron chi connectivity index (χ4n) is 2.77. The molecule has 0 aliphatic carbocycles. The van der Waals surface area contributed by atoms with Gasteiger partial charge in [-0.25, -0.2) is 0 Å².